The third-order valence-electron chi connectivity index (χ3n) is 5.27. The van der Waals surface area contributed by atoms with E-state index in [9.17, 15) is 18.0 Å². The number of nitrogens with one attached hydrogen (secondary N) is 1. The number of aromatic nitrogens is 4. The van der Waals surface area contributed by atoms with Crippen LogP contribution in [0.3, 0.4) is 0 Å². The standard InChI is InChI=1S/C20H16F3N5O2/c1-10-7-14(12-3-2-4-13-16(12)30-9-25-13)26-18-15(24-8-28(10)18)19(29)27-17(11-5-6-11)20(21,22)23/h2-4,7-9,11,17H,5-6H2,1H3,(H,27,29)/t17-/m1/s1. The smallest absolute Gasteiger partial charge is 0.408 e. The number of carbonyl (C=O) groups excluding carboxylic acids is 1. The summed E-state index contributed by atoms with van der Waals surface area (Å²) < 4.78 is 47.0. The number of benzene rings is 1. The lowest BCUT2D eigenvalue weighted by atomic mass is 10.1. The highest BCUT2D eigenvalue weighted by Gasteiger charge is 2.50. The van der Waals surface area contributed by atoms with Gasteiger partial charge in [0.2, 0.25) is 0 Å². The van der Waals surface area contributed by atoms with Crippen molar-refractivity contribution in [2.45, 2.75) is 32.0 Å². The molecule has 0 aliphatic heterocycles. The Morgan fingerprint density at radius 1 is 1.30 bits per heavy atom. The average Bonchev–Trinajstić information content (AvgIpc) is 3.23. The summed E-state index contributed by atoms with van der Waals surface area (Å²) in [4.78, 5) is 25.4. The number of hydrogen-bond acceptors (Lipinski definition) is 5. The van der Waals surface area contributed by atoms with Gasteiger partial charge in [-0.05, 0) is 43.9 Å². The first kappa shape index (κ1) is 18.6. The second-order valence-electron chi connectivity index (χ2n) is 7.41. The lowest BCUT2D eigenvalue weighted by molar-refractivity contribution is -0.158. The molecular weight excluding hydrogens is 399 g/mol. The third-order valence-corrected chi connectivity index (χ3v) is 5.27. The molecule has 10 heteroatoms. The van der Waals surface area contributed by atoms with Crippen molar-refractivity contribution in [3.8, 4) is 11.3 Å². The Morgan fingerprint density at radius 2 is 2.10 bits per heavy atom. The Bertz CT molecular complexity index is 1270. The van der Waals surface area contributed by atoms with Crippen LogP contribution < -0.4 is 5.32 Å². The fourth-order valence-electron chi connectivity index (χ4n) is 3.61. The van der Waals surface area contributed by atoms with Crippen molar-refractivity contribution in [2.75, 3.05) is 0 Å². The number of hydrogen-bond donors (Lipinski definition) is 1. The van der Waals surface area contributed by atoms with Gasteiger partial charge in [-0.15, -0.1) is 0 Å². The lowest BCUT2D eigenvalue weighted by Crippen LogP contribution is -2.47. The molecule has 7 nitrogen and oxygen atoms in total. The van der Waals surface area contributed by atoms with Gasteiger partial charge < -0.3 is 9.73 Å². The van der Waals surface area contributed by atoms with Crippen molar-refractivity contribution in [3.05, 3.63) is 48.4 Å². The number of halogens is 3. The average molecular weight is 415 g/mol. The van der Waals surface area contributed by atoms with Crippen LogP contribution in [0.15, 0.2) is 41.4 Å². The molecule has 1 fully saturated rings. The maximum Gasteiger partial charge on any atom is 0.408 e. The minimum absolute atomic E-state index is 0.153. The number of para-hydroxylation sites is 1. The number of aryl methyl sites for hydroxylation is 1. The molecular formula is C20H16F3N5O2. The largest absolute Gasteiger partial charge is 0.443 e. The highest BCUT2D eigenvalue weighted by atomic mass is 19.4. The van der Waals surface area contributed by atoms with E-state index in [0.717, 1.165) is 0 Å². The van der Waals surface area contributed by atoms with E-state index >= 15 is 0 Å². The maximum absolute atomic E-state index is 13.3. The second-order valence-corrected chi connectivity index (χ2v) is 7.41. The van der Waals surface area contributed by atoms with Crippen molar-refractivity contribution in [1.29, 1.82) is 0 Å². The molecule has 0 radical (unpaired) electrons. The van der Waals surface area contributed by atoms with E-state index in [-0.39, 0.29) is 11.3 Å². The van der Waals surface area contributed by atoms with Gasteiger partial charge in [0.15, 0.2) is 23.3 Å². The first-order valence-electron chi connectivity index (χ1n) is 9.38. The number of alkyl halides is 3. The SMILES string of the molecule is Cc1cc(-c2cccc3ncoc23)nc2c(C(=O)N[C@H](C3CC3)C(F)(F)F)ncn12. The van der Waals surface area contributed by atoms with Crippen LogP contribution in [-0.4, -0.2) is 37.5 Å². The lowest BCUT2D eigenvalue weighted by Gasteiger charge is -2.20. The van der Waals surface area contributed by atoms with E-state index < -0.39 is 24.0 Å². The minimum Gasteiger partial charge on any atom is -0.443 e. The fraction of sp³-hybridized carbons (Fsp3) is 0.300. The van der Waals surface area contributed by atoms with Crippen LogP contribution in [0, 0.1) is 12.8 Å². The Kier molecular flexibility index (Phi) is 4.05. The fourth-order valence-corrected chi connectivity index (χ4v) is 3.61. The van der Waals surface area contributed by atoms with E-state index in [4.69, 9.17) is 4.42 Å². The molecule has 1 atom stereocenters. The van der Waals surface area contributed by atoms with Crippen molar-refractivity contribution >= 4 is 22.7 Å². The predicted octanol–water partition coefficient (Wildman–Crippen LogP) is 3.92. The summed E-state index contributed by atoms with van der Waals surface area (Å²) in [6.07, 6.45) is -0.922. The Balaban J connectivity index is 1.57. The van der Waals surface area contributed by atoms with Gasteiger partial charge in [-0.3, -0.25) is 9.20 Å². The normalized spacial score (nSPS) is 15.6. The van der Waals surface area contributed by atoms with Crippen molar-refractivity contribution in [1.82, 2.24) is 24.7 Å². The zero-order chi connectivity index (χ0) is 21.0. The molecule has 0 saturated heterocycles. The van der Waals surface area contributed by atoms with Crippen LogP contribution in [-0.2, 0) is 0 Å². The van der Waals surface area contributed by atoms with Gasteiger partial charge in [-0.1, -0.05) is 6.07 Å². The summed E-state index contributed by atoms with van der Waals surface area (Å²) >= 11 is 0. The molecule has 5 rings (SSSR count). The van der Waals surface area contributed by atoms with E-state index in [1.165, 1.54) is 12.7 Å². The van der Waals surface area contributed by atoms with Crippen LogP contribution in [0.4, 0.5) is 13.2 Å². The van der Waals surface area contributed by atoms with Crippen LogP contribution in [0.25, 0.3) is 28.0 Å². The highest BCUT2D eigenvalue weighted by molar-refractivity contribution is 5.99. The van der Waals surface area contributed by atoms with E-state index in [1.807, 2.05) is 0 Å². The Hall–Kier alpha value is -3.43. The number of imidazole rings is 1. The maximum atomic E-state index is 13.3. The molecule has 4 aromatic rings. The molecule has 1 aliphatic carbocycles. The quantitative estimate of drug-likeness (QED) is 0.546. The van der Waals surface area contributed by atoms with Crippen LogP contribution >= 0.6 is 0 Å². The molecule has 3 heterocycles. The second kappa shape index (κ2) is 6.54. The Morgan fingerprint density at radius 3 is 2.83 bits per heavy atom. The van der Waals surface area contributed by atoms with Gasteiger partial charge in [0, 0.05) is 11.3 Å². The van der Waals surface area contributed by atoms with Crippen LogP contribution in [0.5, 0.6) is 0 Å². The monoisotopic (exact) mass is 415 g/mol. The molecule has 0 spiro atoms. The molecule has 1 amide bonds. The summed E-state index contributed by atoms with van der Waals surface area (Å²) in [5, 5.41) is 2.11. The number of fused-ring (bicyclic) bond motifs is 2. The number of nitrogens with zero attached hydrogens (tertiary/aromatic N) is 4. The van der Waals surface area contributed by atoms with Crippen molar-refractivity contribution < 1.29 is 22.4 Å². The van der Waals surface area contributed by atoms with E-state index in [2.05, 4.69) is 20.3 Å². The molecule has 1 saturated carbocycles. The molecule has 30 heavy (non-hydrogen) atoms. The van der Waals surface area contributed by atoms with Gasteiger partial charge in [0.1, 0.15) is 17.9 Å². The van der Waals surface area contributed by atoms with Gasteiger partial charge in [0.05, 0.1) is 5.69 Å². The predicted molar refractivity (Wildman–Crippen MR) is 101 cm³/mol. The van der Waals surface area contributed by atoms with Crippen molar-refractivity contribution in [3.63, 3.8) is 0 Å². The zero-order valence-corrected chi connectivity index (χ0v) is 15.8. The number of rotatable bonds is 4. The van der Waals surface area contributed by atoms with Gasteiger partial charge in [0.25, 0.3) is 5.91 Å². The highest BCUT2D eigenvalue weighted by Crippen LogP contribution is 2.40. The summed E-state index contributed by atoms with van der Waals surface area (Å²) in [7, 11) is 0. The first-order valence-corrected chi connectivity index (χ1v) is 9.38. The summed E-state index contributed by atoms with van der Waals surface area (Å²) in [6.45, 7) is 1.80. The topological polar surface area (TPSA) is 85.3 Å². The van der Waals surface area contributed by atoms with Gasteiger partial charge >= 0.3 is 6.18 Å². The van der Waals surface area contributed by atoms with Crippen LogP contribution in [0.2, 0.25) is 0 Å². The van der Waals surface area contributed by atoms with Crippen molar-refractivity contribution in [2.24, 2.45) is 5.92 Å². The molecule has 0 unspecified atom stereocenters. The third kappa shape index (κ3) is 3.08. The molecule has 1 N–H and O–H groups in total. The molecule has 1 aliphatic rings. The first-order chi connectivity index (χ1) is 14.3. The number of carbonyl (C=O) groups is 1. The van der Waals surface area contributed by atoms with Gasteiger partial charge in [-0.2, -0.15) is 13.2 Å². The zero-order valence-electron chi connectivity index (χ0n) is 15.8. The van der Waals surface area contributed by atoms with E-state index in [0.29, 0.717) is 40.9 Å². The Labute approximate surface area is 167 Å². The molecule has 1 aromatic carbocycles. The molecule has 0 bridgehead atoms. The minimum atomic E-state index is -4.51. The van der Waals surface area contributed by atoms with Gasteiger partial charge in [-0.25, -0.2) is 15.0 Å². The molecule has 3 aromatic heterocycles. The summed E-state index contributed by atoms with van der Waals surface area (Å²) in [5.41, 5.74) is 3.09. The van der Waals surface area contributed by atoms with E-state index in [1.54, 1.807) is 35.6 Å². The van der Waals surface area contributed by atoms with Crippen LogP contribution in [0.1, 0.15) is 29.0 Å². The molecule has 154 valence electrons. The summed E-state index contributed by atoms with van der Waals surface area (Å²) in [6, 6.07) is 5.30. The summed E-state index contributed by atoms with van der Waals surface area (Å²) in [5.74, 6) is -1.48. The number of oxazole rings is 1. The number of amides is 1.